The fraction of sp³-hybridized carbons (Fsp3) is 0.632. The van der Waals surface area contributed by atoms with Crippen molar-refractivity contribution >= 4 is 5.91 Å². The van der Waals surface area contributed by atoms with Gasteiger partial charge in [-0.2, -0.15) is 0 Å². The maximum Gasteiger partial charge on any atom is 0.256 e. The third-order valence-electron chi connectivity index (χ3n) is 6.15. The number of nitrogens with zero attached hydrogens (tertiary/aromatic N) is 3. The first kappa shape index (κ1) is 15.6. The number of rotatable bonds is 2. The molecule has 5 nitrogen and oxygen atoms in total. The predicted octanol–water partition coefficient (Wildman–Crippen LogP) is 1.62. The zero-order valence-electron chi connectivity index (χ0n) is 14.5. The molecule has 1 saturated carbocycles. The van der Waals surface area contributed by atoms with Gasteiger partial charge in [-0.3, -0.25) is 14.2 Å². The fourth-order valence-corrected chi connectivity index (χ4v) is 4.60. The highest BCUT2D eigenvalue weighted by atomic mass is 16.2. The zero-order chi connectivity index (χ0) is 16.8. The van der Waals surface area contributed by atoms with Crippen LogP contribution in [0.1, 0.15) is 36.3 Å². The fourth-order valence-electron chi connectivity index (χ4n) is 4.60. The van der Waals surface area contributed by atoms with Gasteiger partial charge in [-0.25, -0.2) is 4.98 Å². The summed E-state index contributed by atoms with van der Waals surface area (Å²) in [6, 6.07) is 0. The van der Waals surface area contributed by atoms with Crippen molar-refractivity contribution in [1.29, 1.82) is 0 Å². The van der Waals surface area contributed by atoms with Gasteiger partial charge >= 0.3 is 0 Å². The molecule has 1 aromatic rings. The van der Waals surface area contributed by atoms with E-state index in [0.717, 1.165) is 17.1 Å². The molecule has 2 bridgehead atoms. The van der Waals surface area contributed by atoms with Gasteiger partial charge in [0.15, 0.2) is 0 Å². The van der Waals surface area contributed by atoms with E-state index in [9.17, 15) is 9.59 Å². The maximum absolute atomic E-state index is 12.8. The molecule has 0 aromatic carbocycles. The van der Waals surface area contributed by atoms with Gasteiger partial charge in [-0.1, -0.05) is 12.2 Å². The summed E-state index contributed by atoms with van der Waals surface area (Å²) >= 11 is 0. The van der Waals surface area contributed by atoms with Crippen LogP contribution < -0.4 is 5.56 Å². The van der Waals surface area contributed by atoms with Crippen LogP contribution in [0.3, 0.4) is 0 Å². The molecule has 1 aliphatic heterocycles. The Morgan fingerprint density at radius 2 is 2.04 bits per heavy atom. The van der Waals surface area contributed by atoms with E-state index in [1.807, 2.05) is 11.8 Å². The van der Waals surface area contributed by atoms with Crippen molar-refractivity contribution < 1.29 is 4.79 Å². The molecule has 0 radical (unpaired) electrons. The lowest BCUT2D eigenvalue weighted by Gasteiger charge is -2.24. The van der Waals surface area contributed by atoms with Gasteiger partial charge in [0.05, 0.1) is 5.69 Å². The predicted molar refractivity (Wildman–Crippen MR) is 91.7 cm³/mol. The molecule has 128 valence electrons. The number of carbonyl (C=O) groups is 1. The third kappa shape index (κ3) is 2.60. The standard InChI is InChI=1S/C19H25N3O2/c1-12-20-17-6-8-22(7-5-16(17)19(24)21(12)2)18(23)11-15-10-13-3-4-14(15)9-13/h3-4,13-15H,5-11H2,1-2H3/t13-,14+,15+/m1/s1. The Morgan fingerprint density at radius 3 is 2.75 bits per heavy atom. The number of fused-ring (bicyclic) bond motifs is 3. The zero-order valence-corrected chi connectivity index (χ0v) is 14.5. The molecule has 0 unspecified atom stereocenters. The quantitative estimate of drug-likeness (QED) is 0.776. The van der Waals surface area contributed by atoms with Crippen molar-refractivity contribution in [2.24, 2.45) is 24.8 Å². The lowest BCUT2D eigenvalue weighted by molar-refractivity contribution is -0.132. The summed E-state index contributed by atoms with van der Waals surface area (Å²) in [6.45, 7) is 3.18. The summed E-state index contributed by atoms with van der Waals surface area (Å²) < 4.78 is 1.61. The Hall–Kier alpha value is -1.91. The molecule has 4 rings (SSSR count). The van der Waals surface area contributed by atoms with Gasteiger partial charge in [-0.05, 0) is 43.9 Å². The summed E-state index contributed by atoms with van der Waals surface area (Å²) in [5, 5.41) is 0. The largest absolute Gasteiger partial charge is 0.342 e. The van der Waals surface area contributed by atoms with Crippen molar-refractivity contribution in [1.82, 2.24) is 14.5 Å². The summed E-state index contributed by atoms with van der Waals surface area (Å²) in [5.74, 6) is 2.83. The molecule has 3 atom stereocenters. The van der Waals surface area contributed by atoms with E-state index < -0.39 is 0 Å². The first-order chi connectivity index (χ1) is 11.5. The van der Waals surface area contributed by atoms with E-state index in [2.05, 4.69) is 17.1 Å². The first-order valence-corrected chi connectivity index (χ1v) is 9.04. The van der Waals surface area contributed by atoms with E-state index in [1.165, 1.54) is 12.8 Å². The average molecular weight is 327 g/mol. The monoisotopic (exact) mass is 327 g/mol. The topological polar surface area (TPSA) is 55.2 Å². The van der Waals surface area contributed by atoms with E-state index in [-0.39, 0.29) is 11.5 Å². The molecule has 2 aliphatic carbocycles. The summed E-state index contributed by atoms with van der Waals surface area (Å²) in [7, 11) is 1.77. The number of hydrogen-bond donors (Lipinski definition) is 0. The lowest BCUT2D eigenvalue weighted by atomic mass is 9.90. The van der Waals surface area contributed by atoms with Crippen LogP contribution in [0.15, 0.2) is 16.9 Å². The normalized spacial score (nSPS) is 28.1. The highest BCUT2D eigenvalue weighted by Crippen LogP contribution is 2.45. The Labute approximate surface area is 142 Å². The van der Waals surface area contributed by atoms with Crippen molar-refractivity contribution in [3.8, 4) is 0 Å². The first-order valence-electron chi connectivity index (χ1n) is 9.04. The number of aryl methyl sites for hydroxylation is 1. The summed E-state index contributed by atoms with van der Waals surface area (Å²) in [4.78, 5) is 31.7. The molecule has 2 heterocycles. The second kappa shape index (κ2) is 5.87. The second-order valence-corrected chi connectivity index (χ2v) is 7.57. The minimum absolute atomic E-state index is 0.0463. The van der Waals surface area contributed by atoms with Crippen LogP contribution in [0.2, 0.25) is 0 Å². The average Bonchev–Trinajstić information content (AvgIpc) is 3.10. The lowest BCUT2D eigenvalue weighted by Crippen LogP contribution is -2.35. The molecule has 1 fully saturated rings. The van der Waals surface area contributed by atoms with Crippen LogP contribution in [0, 0.1) is 24.7 Å². The van der Waals surface area contributed by atoms with Gasteiger partial charge in [-0.15, -0.1) is 0 Å². The minimum atomic E-state index is 0.0463. The molecule has 3 aliphatic rings. The molecule has 0 spiro atoms. The van der Waals surface area contributed by atoms with Crippen LogP contribution in [0.4, 0.5) is 0 Å². The van der Waals surface area contributed by atoms with Crippen LogP contribution in [0.25, 0.3) is 0 Å². The molecule has 0 saturated heterocycles. The van der Waals surface area contributed by atoms with Gasteiger partial charge in [0, 0.05) is 38.5 Å². The van der Waals surface area contributed by atoms with Gasteiger partial charge in [0.25, 0.3) is 5.56 Å². The SMILES string of the molecule is Cc1nc2c(c(=O)n1C)CCN(C(=O)C[C@@H]1C[C@@H]3C=C[C@H]1C3)CC2. The Balaban J connectivity index is 1.46. The van der Waals surface area contributed by atoms with E-state index >= 15 is 0 Å². The Morgan fingerprint density at radius 1 is 1.25 bits per heavy atom. The number of allylic oxidation sites excluding steroid dienone is 2. The third-order valence-corrected chi connectivity index (χ3v) is 6.15. The van der Waals surface area contributed by atoms with Crippen molar-refractivity contribution in [2.45, 2.75) is 39.0 Å². The number of amides is 1. The molecular weight excluding hydrogens is 302 g/mol. The van der Waals surface area contributed by atoms with E-state index in [4.69, 9.17) is 0 Å². The highest BCUT2D eigenvalue weighted by Gasteiger charge is 2.37. The summed E-state index contributed by atoms with van der Waals surface area (Å²) in [5.41, 5.74) is 1.72. The van der Waals surface area contributed by atoms with E-state index in [1.54, 1.807) is 11.6 Å². The molecule has 5 heteroatoms. The molecule has 0 N–H and O–H groups in total. The van der Waals surface area contributed by atoms with Gasteiger partial charge in [0.1, 0.15) is 5.82 Å². The molecule has 1 amide bonds. The van der Waals surface area contributed by atoms with Crippen LogP contribution in [0.5, 0.6) is 0 Å². The van der Waals surface area contributed by atoms with Gasteiger partial charge in [0.2, 0.25) is 5.91 Å². The van der Waals surface area contributed by atoms with E-state index in [0.29, 0.717) is 50.1 Å². The number of hydrogen-bond acceptors (Lipinski definition) is 3. The molecule has 24 heavy (non-hydrogen) atoms. The molecule has 1 aromatic heterocycles. The molecular formula is C19H25N3O2. The van der Waals surface area contributed by atoms with Crippen molar-refractivity contribution in [3.63, 3.8) is 0 Å². The Kier molecular flexibility index (Phi) is 3.82. The Bertz CT molecular complexity index is 765. The number of carbonyl (C=O) groups excluding carboxylic acids is 1. The number of aromatic nitrogens is 2. The second-order valence-electron chi connectivity index (χ2n) is 7.57. The summed E-state index contributed by atoms with van der Waals surface area (Å²) in [6.07, 6.45) is 9.00. The smallest absolute Gasteiger partial charge is 0.256 e. The van der Waals surface area contributed by atoms with Crippen molar-refractivity contribution in [2.75, 3.05) is 13.1 Å². The van der Waals surface area contributed by atoms with Gasteiger partial charge < -0.3 is 4.90 Å². The maximum atomic E-state index is 12.8. The van der Waals surface area contributed by atoms with Crippen molar-refractivity contribution in [3.05, 3.63) is 39.6 Å². The van der Waals surface area contributed by atoms with Crippen LogP contribution >= 0.6 is 0 Å². The van der Waals surface area contributed by atoms with Crippen LogP contribution in [-0.2, 0) is 24.7 Å². The highest BCUT2D eigenvalue weighted by molar-refractivity contribution is 5.76. The van der Waals surface area contributed by atoms with Crippen LogP contribution in [-0.4, -0.2) is 33.4 Å². The minimum Gasteiger partial charge on any atom is -0.342 e.